The van der Waals surface area contributed by atoms with Crippen molar-refractivity contribution in [3.63, 3.8) is 0 Å². The maximum atomic E-state index is 13.0. The molecule has 0 radical (unpaired) electrons. The monoisotopic (exact) mass is 261 g/mol. The highest BCUT2D eigenvalue weighted by Gasteiger charge is 2.26. The van der Waals surface area contributed by atoms with E-state index in [0.717, 1.165) is 10.0 Å². The summed E-state index contributed by atoms with van der Waals surface area (Å²) in [4.78, 5) is 0. The van der Waals surface area contributed by atoms with Crippen LogP contribution in [0.25, 0.3) is 0 Å². The van der Waals surface area contributed by atoms with E-state index in [1.54, 1.807) is 6.07 Å². The maximum absolute atomic E-state index is 13.0. The van der Waals surface area contributed by atoms with Gasteiger partial charge in [0.15, 0.2) is 0 Å². The Labute approximate surface area is 89.6 Å². The zero-order valence-corrected chi connectivity index (χ0v) is 9.02. The number of hydrogen-bond donors (Lipinski definition) is 1. The number of nitrogens with one attached hydrogen (secondary N) is 1. The van der Waals surface area contributed by atoms with Crippen molar-refractivity contribution in [3.05, 3.63) is 34.1 Å². The molecule has 2 atom stereocenters. The van der Waals surface area contributed by atoms with Gasteiger partial charge in [-0.15, -0.1) is 0 Å². The molecule has 0 aliphatic carbocycles. The number of halogens is 3. The van der Waals surface area contributed by atoms with E-state index in [1.165, 1.54) is 12.1 Å². The van der Waals surface area contributed by atoms with Gasteiger partial charge in [-0.1, -0.05) is 15.9 Å². The Bertz CT molecular complexity index is 343. The Morgan fingerprint density at radius 3 is 2.86 bits per heavy atom. The predicted molar refractivity (Wildman–Crippen MR) is 54.4 cm³/mol. The standard InChI is InChI=1S/C10H10BrF2N/c11-9-2-1-6(12)3-8(9)10-4-7(13)5-14-10/h1-3,7,10,14H,4-5H2/t7-,10+/m0/s1. The van der Waals surface area contributed by atoms with Gasteiger partial charge in [-0.05, 0) is 30.2 Å². The van der Waals surface area contributed by atoms with Crippen molar-refractivity contribution < 1.29 is 8.78 Å². The van der Waals surface area contributed by atoms with Crippen molar-refractivity contribution in [1.82, 2.24) is 5.32 Å². The van der Waals surface area contributed by atoms with Crippen LogP contribution in [0.3, 0.4) is 0 Å². The van der Waals surface area contributed by atoms with Crippen molar-refractivity contribution in [1.29, 1.82) is 0 Å². The molecule has 76 valence electrons. The molecule has 1 fully saturated rings. The minimum absolute atomic E-state index is 0.0740. The molecule has 0 unspecified atom stereocenters. The van der Waals surface area contributed by atoms with Gasteiger partial charge in [0.05, 0.1) is 0 Å². The average molecular weight is 262 g/mol. The van der Waals surface area contributed by atoms with E-state index in [4.69, 9.17) is 0 Å². The highest BCUT2D eigenvalue weighted by Crippen LogP contribution is 2.30. The first kappa shape index (κ1) is 10.1. The van der Waals surface area contributed by atoms with Gasteiger partial charge in [0.1, 0.15) is 12.0 Å². The Hall–Kier alpha value is -0.480. The van der Waals surface area contributed by atoms with E-state index >= 15 is 0 Å². The van der Waals surface area contributed by atoms with Crippen LogP contribution < -0.4 is 5.32 Å². The third-order valence-electron chi connectivity index (χ3n) is 2.41. The first-order valence-corrected chi connectivity index (χ1v) is 5.28. The number of hydrogen-bond acceptors (Lipinski definition) is 1. The molecule has 2 rings (SSSR count). The van der Waals surface area contributed by atoms with Gasteiger partial charge in [-0.2, -0.15) is 0 Å². The van der Waals surface area contributed by atoms with E-state index in [1.807, 2.05) is 0 Å². The van der Waals surface area contributed by atoms with Gasteiger partial charge in [0.2, 0.25) is 0 Å². The molecule has 4 heteroatoms. The minimum Gasteiger partial charge on any atom is -0.307 e. The van der Waals surface area contributed by atoms with Crippen LogP contribution in [0, 0.1) is 5.82 Å². The molecule has 1 aliphatic rings. The van der Waals surface area contributed by atoms with Crippen molar-refractivity contribution in [2.45, 2.75) is 18.6 Å². The molecular weight excluding hydrogens is 252 g/mol. The van der Waals surface area contributed by atoms with Crippen LogP contribution in [-0.4, -0.2) is 12.7 Å². The zero-order valence-electron chi connectivity index (χ0n) is 7.43. The summed E-state index contributed by atoms with van der Waals surface area (Å²) in [6.45, 7) is 0.355. The number of benzene rings is 1. The van der Waals surface area contributed by atoms with Crippen molar-refractivity contribution in [2.24, 2.45) is 0 Å². The Balaban J connectivity index is 2.27. The Morgan fingerprint density at radius 1 is 1.43 bits per heavy atom. The highest BCUT2D eigenvalue weighted by atomic mass is 79.9. The molecule has 1 nitrogen and oxygen atoms in total. The summed E-state index contributed by atoms with van der Waals surface area (Å²) >= 11 is 3.33. The van der Waals surface area contributed by atoms with Gasteiger partial charge < -0.3 is 5.32 Å². The van der Waals surface area contributed by atoms with E-state index in [0.29, 0.717) is 13.0 Å². The normalized spacial score (nSPS) is 26.8. The fraction of sp³-hybridized carbons (Fsp3) is 0.400. The summed E-state index contributed by atoms with van der Waals surface area (Å²) in [5, 5.41) is 3.02. The van der Waals surface area contributed by atoms with Gasteiger partial charge in [-0.3, -0.25) is 0 Å². The molecule has 1 saturated heterocycles. The van der Waals surface area contributed by atoms with E-state index in [-0.39, 0.29) is 11.9 Å². The molecule has 0 aromatic heterocycles. The van der Waals surface area contributed by atoms with Crippen LogP contribution in [0.4, 0.5) is 8.78 Å². The summed E-state index contributed by atoms with van der Waals surface area (Å²) in [5.74, 6) is -0.285. The first-order valence-electron chi connectivity index (χ1n) is 4.49. The lowest BCUT2D eigenvalue weighted by molar-refractivity contribution is 0.355. The second-order valence-corrected chi connectivity index (χ2v) is 4.31. The fourth-order valence-electron chi connectivity index (χ4n) is 1.71. The lowest BCUT2D eigenvalue weighted by atomic mass is 10.1. The minimum atomic E-state index is -0.824. The number of rotatable bonds is 1. The summed E-state index contributed by atoms with van der Waals surface area (Å²) in [7, 11) is 0. The third kappa shape index (κ3) is 1.96. The molecule has 1 aromatic rings. The van der Waals surface area contributed by atoms with Crippen LogP contribution >= 0.6 is 15.9 Å². The van der Waals surface area contributed by atoms with Gasteiger partial charge in [0, 0.05) is 17.1 Å². The highest BCUT2D eigenvalue weighted by molar-refractivity contribution is 9.10. The molecule has 1 N–H and O–H groups in total. The van der Waals surface area contributed by atoms with Crippen LogP contribution in [0.5, 0.6) is 0 Å². The Kier molecular flexibility index (Phi) is 2.83. The van der Waals surface area contributed by atoms with Crippen molar-refractivity contribution in [2.75, 3.05) is 6.54 Å². The molecule has 0 spiro atoms. The SMILES string of the molecule is Fc1ccc(Br)c([C@H]2C[C@H](F)CN2)c1. The second kappa shape index (κ2) is 3.95. The molecule has 0 bridgehead atoms. The van der Waals surface area contributed by atoms with Gasteiger partial charge in [-0.25, -0.2) is 8.78 Å². The summed E-state index contributed by atoms with van der Waals surface area (Å²) in [6, 6.07) is 4.41. The molecule has 1 aliphatic heterocycles. The summed E-state index contributed by atoms with van der Waals surface area (Å²) < 4.78 is 26.7. The Morgan fingerprint density at radius 2 is 2.21 bits per heavy atom. The largest absolute Gasteiger partial charge is 0.307 e. The molecule has 14 heavy (non-hydrogen) atoms. The predicted octanol–water partition coefficient (Wildman–Crippen LogP) is 2.96. The van der Waals surface area contributed by atoms with Crippen LogP contribution in [0.15, 0.2) is 22.7 Å². The molecule has 0 amide bonds. The average Bonchev–Trinajstić information content (AvgIpc) is 2.56. The zero-order chi connectivity index (χ0) is 10.1. The smallest absolute Gasteiger partial charge is 0.123 e. The van der Waals surface area contributed by atoms with Gasteiger partial charge >= 0.3 is 0 Å². The van der Waals surface area contributed by atoms with Gasteiger partial charge in [0.25, 0.3) is 0 Å². The van der Waals surface area contributed by atoms with Crippen molar-refractivity contribution >= 4 is 15.9 Å². The maximum Gasteiger partial charge on any atom is 0.123 e. The quantitative estimate of drug-likeness (QED) is 0.820. The van der Waals surface area contributed by atoms with Crippen LogP contribution in [0.2, 0.25) is 0 Å². The molecule has 1 aromatic carbocycles. The second-order valence-electron chi connectivity index (χ2n) is 3.46. The topological polar surface area (TPSA) is 12.0 Å². The molecular formula is C10H10BrF2N. The van der Waals surface area contributed by atoms with E-state index < -0.39 is 6.17 Å². The van der Waals surface area contributed by atoms with Crippen LogP contribution in [0.1, 0.15) is 18.0 Å². The molecule has 1 heterocycles. The molecule has 0 saturated carbocycles. The number of alkyl halides is 1. The fourth-order valence-corrected chi connectivity index (χ4v) is 2.23. The summed E-state index contributed by atoms with van der Waals surface area (Å²) in [5.41, 5.74) is 0.796. The summed E-state index contributed by atoms with van der Waals surface area (Å²) in [6.07, 6.45) is -0.405. The van der Waals surface area contributed by atoms with Crippen LogP contribution in [-0.2, 0) is 0 Å². The van der Waals surface area contributed by atoms with E-state index in [9.17, 15) is 8.78 Å². The van der Waals surface area contributed by atoms with E-state index in [2.05, 4.69) is 21.2 Å². The lowest BCUT2D eigenvalue weighted by Gasteiger charge is -2.12. The van der Waals surface area contributed by atoms with Crippen molar-refractivity contribution in [3.8, 4) is 0 Å². The third-order valence-corrected chi connectivity index (χ3v) is 3.13. The first-order chi connectivity index (χ1) is 6.66. The lowest BCUT2D eigenvalue weighted by Crippen LogP contribution is -2.14.